The Morgan fingerprint density at radius 3 is 2.48 bits per heavy atom. The fourth-order valence-electron chi connectivity index (χ4n) is 3.44. The molecule has 6 heteroatoms. The predicted molar refractivity (Wildman–Crippen MR) is 129 cm³/mol. The minimum atomic E-state index is 0.0219. The first-order valence-corrected chi connectivity index (χ1v) is 11.8. The molecule has 4 rings (SSSR count). The van der Waals surface area contributed by atoms with Gasteiger partial charge in [0.15, 0.2) is 0 Å². The number of nitrogens with zero attached hydrogens (tertiary/aromatic N) is 2. The maximum absolute atomic E-state index is 12.6. The molecular formula is C23H22N2OS3. The first-order chi connectivity index (χ1) is 14.1. The summed E-state index contributed by atoms with van der Waals surface area (Å²) in [5, 5.41) is 1.13. The molecule has 0 N–H and O–H groups in total. The van der Waals surface area contributed by atoms with Crippen molar-refractivity contribution >= 4 is 51.7 Å². The van der Waals surface area contributed by atoms with Crippen LogP contribution in [0.1, 0.15) is 20.3 Å². The van der Waals surface area contributed by atoms with Crippen LogP contribution in [0.25, 0.3) is 11.1 Å². The number of benzene rings is 2. The van der Waals surface area contributed by atoms with Gasteiger partial charge < -0.3 is 4.90 Å². The highest BCUT2D eigenvalue weighted by Gasteiger charge is 2.31. The summed E-state index contributed by atoms with van der Waals surface area (Å²) in [6.07, 6.45) is 4.87. The Hall–Kier alpha value is -2.02. The van der Waals surface area contributed by atoms with Crippen molar-refractivity contribution in [3.63, 3.8) is 0 Å². The van der Waals surface area contributed by atoms with Gasteiger partial charge >= 0.3 is 0 Å². The zero-order valence-corrected chi connectivity index (χ0v) is 18.9. The minimum Gasteiger partial charge on any atom is -0.335 e. The summed E-state index contributed by atoms with van der Waals surface area (Å²) in [4.78, 5) is 18.5. The molecule has 3 nitrogen and oxygen atoms in total. The number of hydrogen-bond donors (Lipinski definition) is 0. The van der Waals surface area contributed by atoms with Crippen LogP contribution in [-0.2, 0) is 4.79 Å². The molecular weight excluding hydrogens is 416 g/mol. The predicted octanol–water partition coefficient (Wildman–Crippen LogP) is 6.28. The van der Waals surface area contributed by atoms with E-state index in [1.165, 1.54) is 33.5 Å². The van der Waals surface area contributed by atoms with Gasteiger partial charge in [-0.25, -0.2) is 0 Å². The van der Waals surface area contributed by atoms with Crippen molar-refractivity contribution in [2.24, 2.45) is 0 Å². The minimum absolute atomic E-state index is 0.0219. The molecule has 0 aromatic heterocycles. The number of allylic oxidation sites excluding steroid dienone is 2. The molecule has 1 amide bonds. The Balaban J connectivity index is 1.61. The van der Waals surface area contributed by atoms with Gasteiger partial charge in [0.05, 0.1) is 15.6 Å². The quantitative estimate of drug-likeness (QED) is 0.404. The molecule has 0 radical (unpaired) electrons. The Morgan fingerprint density at radius 1 is 0.966 bits per heavy atom. The number of rotatable bonds is 5. The SMILES string of the molecule is CCCN1C(=O)C(=CC=C2Sc3ccc(-c4ccccc4)cc3N2CC)SC1=S. The molecule has 1 saturated heterocycles. The molecule has 2 aliphatic heterocycles. The highest BCUT2D eigenvalue weighted by molar-refractivity contribution is 8.26. The van der Waals surface area contributed by atoms with Gasteiger partial charge in [-0.05, 0) is 48.8 Å². The second-order valence-electron chi connectivity index (χ2n) is 6.76. The van der Waals surface area contributed by atoms with Crippen molar-refractivity contribution in [3.05, 3.63) is 70.6 Å². The molecule has 0 aliphatic carbocycles. The van der Waals surface area contributed by atoms with Crippen LogP contribution in [0.15, 0.2) is 75.5 Å². The highest BCUT2D eigenvalue weighted by Crippen LogP contribution is 2.47. The summed E-state index contributed by atoms with van der Waals surface area (Å²) < 4.78 is 0.656. The molecule has 2 heterocycles. The van der Waals surface area contributed by atoms with Crippen LogP contribution >= 0.6 is 35.7 Å². The van der Waals surface area contributed by atoms with Gasteiger partial charge in [-0.15, -0.1) is 0 Å². The molecule has 2 aliphatic rings. The molecule has 0 atom stereocenters. The Morgan fingerprint density at radius 2 is 1.76 bits per heavy atom. The lowest BCUT2D eigenvalue weighted by atomic mass is 10.0. The van der Waals surface area contributed by atoms with E-state index in [1.54, 1.807) is 16.7 Å². The van der Waals surface area contributed by atoms with E-state index in [9.17, 15) is 4.79 Å². The van der Waals surface area contributed by atoms with Gasteiger partial charge in [0, 0.05) is 18.0 Å². The molecule has 0 saturated carbocycles. The fraction of sp³-hybridized carbons (Fsp3) is 0.217. The molecule has 0 unspecified atom stereocenters. The van der Waals surface area contributed by atoms with Gasteiger partial charge in [0.25, 0.3) is 5.91 Å². The zero-order chi connectivity index (χ0) is 20.4. The number of thiocarbonyl (C=S) groups is 1. The Kier molecular flexibility index (Phi) is 6.13. The van der Waals surface area contributed by atoms with E-state index < -0.39 is 0 Å². The number of thioether (sulfide) groups is 2. The van der Waals surface area contributed by atoms with Crippen molar-refractivity contribution in [1.82, 2.24) is 4.90 Å². The zero-order valence-electron chi connectivity index (χ0n) is 16.4. The summed E-state index contributed by atoms with van der Waals surface area (Å²) in [6, 6.07) is 17.0. The van der Waals surface area contributed by atoms with Crippen LogP contribution < -0.4 is 4.90 Å². The van der Waals surface area contributed by atoms with E-state index in [4.69, 9.17) is 12.2 Å². The summed E-state index contributed by atoms with van der Waals surface area (Å²) in [7, 11) is 0. The van der Waals surface area contributed by atoms with Crippen LogP contribution in [0.5, 0.6) is 0 Å². The fourth-order valence-corrected chi connectivity index (χ4v) is 5.80. The van der Waals surface area contributed by atoms with Gasteiger partial charge in [-0.1, -0.05) is 79.1 Å². The monoisotopic (exact) mass is 438 g/mol. The number of carbonyl (C=O) groups excluding carboxylic acids is 1. The van der Waals surface area contributed by atoms with E-state index in [1.807, 2.05) is 12.1 Å². The summed E-state index contributed by atoms with van der Waals surface area (Å²) >= 11 is 8.50. The second kappa shape index (κ2) is 8.78. The lowest BCUT2D eigenvalue weighted by Gasteiger charge is -2.18. The van der Waals surface area contributed by atoms with Crippen molar-refractivity contribution < 1.29 is 4.79 Å². The van der Waals surface area contributed by atoms with Crippen LogP contribution in [0.3, 0.4) is 0 Å². The Labute approximate surface area is 185 Å². The maximum atomic E-state index is 12.6. The number of carbonyl (C=O) groups is 1. The average molecular weight is 439 g/mol. The molecule has 0 bridgehead atoms. The molecule has 1 fully saturated rings. The third-order valence-electron chi connectivity index (χ3n) is 4.85. The van der Waals surface area contributed by atoms with Gasteiger partial charge in [0.1, 0.15) is 4.32 Å². The second-order valence-corrected chi connectivity index (χ2v) is 9.49. The molecule has 2 aromatic carbocycles. The van der Waals surface area contributed by atoms with Crippen LogP contribution in [0, 0.1) is 0 Å². The third kappa shape index (κ3) is 4.02. The summed E-state index contributed by atoms with van der Waals surface area (Å²) in [6.45, 7) is 5.76. The van der Waals surface area contributed by atoms with E-state index in [2.05, 4.69) is 67.3 Å². The molecule has 2 aromatic rings. The lowest BCUT2D eigenvalue weighted by molar-refractivity contribution is -0.122. The molecule has 148 valence electrons. The highest BCUT2D eigenvalue weighted by atomic mass is 32.2. The largest absolute Gasteiger partial charge is 0.335 e. The normalized spacial score (nSPS) is 19.0. The lowest BCUT2D eigenvalue weighted by Crippen LogP contribution is -2.28. The van der Waals surface area contributed by atoms with Crippen molar-refractivity contribution in [3.8, 4) is 11.1 Å². The van der Waals surface area contributed by atoms with Gasteiger partial charge in [0.2, 0.25) is 0 Å². The first-order valence-electron chi connectivity index (χ1n) is 9.73. The summed E-state index contributed by atoms with van der Waals surface area (Å²) in [5.41, 5.74) is 3.65. The van der Waals surface area contributed by atoms with Crippen LogP contribution in [0.4, 0.5) is 5.69 Å². The standard InChI is InChI=1S/C23H22N2OS3/c1-3-14-25-22(26)20(29-23(25)27)12-13-21-24(4-2)18-15-17(10-11-19(18)28-21)16-8-6-5-7-9-16/h5-13,15H,3-4,14H2,1-2H3. The van der Waals surface area contributed by atoms with E-state index in [0.717, 1.165) is 18.0 Å². The Bertz CT molecular complexity index is 1010. The first kappa shape index (κ1) is 20.3. The number of fused-ring (bicyclic) bond motifs is 1. The van der Waals surface area contributed by atoms with Gasteiger partial charge in [-0.3, -0.25) is 9.69 Å². The van der Waals surface area contributed by atoms with E-state index in [0.29, 0.717) is 15.8 Å². The van der Waals surface area contributed by atoms with E-state index in [-0.39, 0.29) is 5.91 Å². The van der Waals surface area contributed by atoms with Gasteiger partial charge in [-0.2, -0.15) is 0 Å². The maximum Gasteiger partial charge on any atom is 0.266 e. The van der Waals surface area contributed by atoms with Crippen molar-refractivity contribution in [2.75, 3.05) is 18.0 Å². The number of hydrogen-bond acceptors (Lipinski definition) is 5. The molecule has 29 heavy (non-hydrogen) atoms. The smallest absolute Gasteiger partial charge is 0.266 e. The molecule has 0 spiro atoms. The number of amides is 1. The number of anilines is 1. The average Bonchev–Trinajstić information content (AvgIpc) is 3.23. The topological polar surface area (TPSA) is 23.6 Å². The van der Waals surface area contributed by atoms with Crippen LogP contribution in [0.2, 0.25) is 0 Å². The van der Waals surface area contributed by atoms with Crippen molar-refractivity contribution in [2.45, 2.75) is 25.2 Å². The third-order valence-corrected chi connectivity index (χ3v) is 7.38. The van der Waals surface area contributed by atoms with E-state index >= 15 is 0 Å². The summed E-state index contributed by atoms with van der Waals surface area (Å²) in [5.74, 6) is 0.0219. The van der Waals surface area contributed by atoms with Crippen molar-refractivity contribution in [1.29, 1.82) is 0 Å². The van der Waals surface area contributed by atoms with Crippen LogP contribution in [-0.4, -0.2) is 28.2 Å².